The van der Waals surface area contributed by atoms with Crippen molar-refractivity contribution in [3.8, 4) is 0 Å². The molecule has 0 aliphatic heterocycles. The Bertz CT molecular complexity index is 319. The number of nitrogens with one attached hydrogen (secondary N) is 1. The fraction of sp³-hybridized carbons (Fsp3) is 0.846. The van der Waals surface area contributed by atoms with Crippen LogP contribution in [-0.4, -0.2) is 34.2 Å². The number of hydrogen-bond donors (Lipinski definition) is 3. The number of carboxylic acids is 1. The zero-order chi connectivity index (χ0) is 13.8. The number of carbonyl (C=O) groups excluding carboxylic acids is 1. The van der Waals surface area contributed by atoms with Crippen LogP contribution in [0.4, 0.5) is 0 Å². The van der Waals surface area contributed by atoms with Gasteiger partial charge in [-0.1, -0.05) is 19.8 Å². The van der Waals surface area contributed by atoms with Crippen molar-refractivity contribution in [1.29, 1.82) is 0 Å². The lowest BCUT2D eigenvalue weighted by molar-refractivity contribution is -0.143. The van der Waals surface area contributed by atoms with E-state index in [4.69, 9.17) is 5.11 Å². The van der Waals surface area contributed by atoms with Crippen LogP contribution in [0.15, 0.2) is 0 Å². The highest BCUT2D eigenvalue weighted by atomic mass is 16.4. The molecule has 1 saturated carbocycles. The van der Waals surface area contributed by atoms with Gasteiger partial charge in [0.1, 0.15) is 0 Å². The van der Waals surface area contributed by atoms with Crippen molar-refractivity contribution in [3.63, 3.8) is 0 Å². The summed E-state index contributed by atoms with van der Waals surface area (Å²) in [7, 11) is 0. The third-order valence-corrected chi connectivity index (χ3v) is 3.88. The van der Waals surface area contributed by atoms with Crippen LogP contribution >= 0.6 is 0 Å². The average Bonchev–Trinajstić information content (AvgIpc) is 2.74. The Morgan fingerprint density at radius 3 is 2.33 bits per heavy atom. The number of amides is 1. The highest BCUT2D eigenvalue weighted by molar-refractivity contribution is 5.83. The first-order valence-electron chi connectivity index (χ1n) is 6.54. The summed E-state index contributed by atoms with van der Waals surface area (Å²) in [5.74, 6) is -1.12. The molecule has 0 heterocycles. The first kappa shape index (κ1) is 15.0. The van der Waals surface area contributed by atoms with Gasteiger partial charge in [-0.2, -0.15) is 0 Å². The Hall–Kier alpha value is -1.10. The van der Waals surface area contributed by atoms with E-state index in [1.165, 1.54) is 6.92 Å². The van der Waals surface area contributed by atoms with Gasteiger partial charge in [0.25, 0.3) is 0 Å². The summed E-state index contributed by atoms with van der Waals surface area (Å²) in [5.41, 5.74) is -1.70. The maximum Gasteiger partial charge on any atom is 0.306 e. The highest BCUT2D eigenvalue weighted by Gasteiger charge is 2.39. The van der Waals surface area contributed by atoms with Gasteiger partial charge in [0.05, 0.1) is 12.0 Å². The smallest absolute Gasteiger partial charge is 0.306 e. The van der Waals surface area contributed by atoms with Crippen molar-refractivity contribution in [2.75, 3.05) is 6.54 Å². The first-order chi connectivity index (χ1) is 8.31. The molecular weight excluding hydrogens is 234 g/mol. The summed E-state index contributed by atoms with van der Waals surface area (Å²) in [4.78, 5) is 22.7. The Labute approximate surface area is 108 Å². The summed E-state index contributed by atoms with van der Waals surface area (Å²) in [5, 5.41) is 21.2. The molecule has 0 aromatic carbocycles. The lowest BCUT2D eigenvalue weighted by Gasteiger charge is -2.29. The second-order valence-electron chi connectivity index (χ2n) is 5.59. The fourth-order valence-corrected chi connectivity index (χ4v) is 2.64. The first-order valence-corrected chi connectivity index (χ1v) is 6.54. The Morgan fingerprint density at radius 2 is 1.89 bits per heavy atom. The molecular formula is C13H23NO4. The van der Waals surface area contributed by atoms with Gasteiger partial charge in [0.15, 0.2) is 0 Å². The van der Waals surface area contributed by atoms with Crippen molar-refractivity contribution >= 4 is 11.9 Å². The number of carbonyl (C=O) groups is 2. The fourth-order valence-electron chi connectivity index (χ4n) is 2.64. The second kappa shape index (κ2) is 5.69. The standard InChI is InChI=1S/C13H23NO4/c1-3-13(6-4-5-7-13)11(17)14-9-12(2,18)8-10(15)16/h18H,3-9H2,1-2H3,(H,14,17)(H,15,16). The van der Waals surface area contributed by atoms with Gasteiger partial charge in [-0.25, -0.2) is 0 Å². The number of hydrogen-bond acceptors (Lipinski definition) is 3. The Balaban J connectivity index is 2.52. The van der Waals surface area contributed by atoms with E-state index >= 15 is 0 Å². The molecule has 104 valence electrons. The molecule has 5 nitrogen and oxygen atoms in total. The van der Waals surface area contributed by atoms with Crippen LogP contribution in [0, 0.1) is 5.41 Å². The summed E-state index contributed by atoms with van der Waals surface area (Å²) < 4.78 is 0. The lowest BCUT2D eigenvalue weighted by atomic mass is 9.82. The van der Waals surface area contributed by atoms with E-state index < -0.39 is 11.6 Å². The van der Waals surface area contributed by atoms with E-state index in [0.717, 1.165) is 32.1 Å². The monoisotopic (exact) mass is 257 g/mol. The van der Waals surface area contributed by atoms with Gasteiger partial charge >= 0.3 is 5.97 Å². The Morgan fingerprint density at radius 1 is 1.33 bits per heavy atom. The molecule has 0 radical (unpaired) electrons. The minimum Gasteiger partial charge on any atom is -0.481 e. The molecule has 5 heteroatoms. The molecule has 1 aliphatic rings. The predicted molar refractivity (Wildman–Crippen MR) is 67.1 cm³/mol. The van der Waals surface area contributed by atoms with Gasteiger partial charge in [-0.05, 0) is 26.2 Å². The normalized spacial score (nSPS) is 21.3. The topological polar surface area (TPSA) is 86.6 Å². The van der Waals surface area contributed by atoms with Crippen molar-refractivity contribution in [3.05, 3.63) is 0 Å². The Kier molecular flexibility index (Phi) is 4.73. The molecule has 1 atom stereocenters. The molecule has 0 saturated heterocycles. The van der Waals surface area contributed by atoms with Crippen LogP contribution in [0.2, 0.25) is 0 Å². The zero-order valence-electron chi connectivity index (χ0n) is 11.2. The molecule has 1 fully saturated rings. The van der Waals surface area contributed by atoms with E-state index in [0.29, 0.717) is 0 Å². The summed E-state index contributed by atoms with van der Waals surface area (Å²) in [6, 6.07) is 0. The third-order valence-electron chi connectivity index (χ3n) is 3.88. The van der Waals surface area contributed by atoms with Crippen LogP contribution in [-0.2, 0) is 9.59 Å². The maximum atomic E-state index is 12.2. The highest BCUT2D eigenvalue weighted by Crippen LogP contribution is 2.41. The van der Waals surface area contributed by atoms with Crippen LogP contribution in [0.5, 0.6) is 0 Å². The predicted octanol–water partition coefficient (Wildman–Crippen LogP) is 1.30. The molecule has 1 unspecified atom stereocenters. The van der Waals surface area contributed by atoms with E-state index in [9.17, 15) is 14.7 Å². The molecule has 1 rings (SSSR count). The molecule has 1 amide bonds. The van der Waals surface area contributed by atoms with E-state index in [1.54, 1.807) is 0 Å². The zero-order valence-corrected chi connectivity index (χ0v) is 11.2. The van der Waals surface area contributed by atoms with Crippen LogP contribution < -0.4 is 5.32 Å². The van der Waals surface area contributed by atoms with Gasteiger partial charge in [0, 0.05) is 12.0 Å². The molecule has 1 aliphatic carbocycles. The van der Waals surface area contributed by atoms with Gasteiger partial charge < -0.3 is 15.5 Å². The van der Waals surface area contributed by atoms with Gasteiger partial charge in [-0.3, -0.25) is 9.59 Å². The van der Waals surface area contributed by atoms with Gasteiger partial charge in [0.2, 0.25) is 5.91 Å². The largest absolute Gasteiger partial charge is 0.481 e. The van der Waals surface area contributed by atoms with Crippen molar-refractivity contribution in [1.82, 2.24) is 5.32 Å². The summed E-state index contributed by atoms with van der Waals surface area (Å²) in [6.45, 7) is 3.41. The van der Waals surface area contributed by atoms with Crippen molar-refractivity contribution < 1.29 is 19.8 Å². The SMILES string of the molecule is CCC1(C(=O)NCC(C)(O)CC(=O)O)CCCC1. The number of rotatable bonds is 6. The van der Waals surface area contributed by atoms with Crippen LogP contribution in [0.25, 0.3) is 0 Å². The summed E-state index contributed by atoms with van der Waals surface area (Å²) >= 11 is 0. The minimum atomic E-state index is -1.39. The molecule has 0 aromatic heterocycles. The summed E-state index contributed by atoms with van der Waals surface area (Å²) in [6.07, 6.45) is 4.32. The van der Waals surface area contributed by atoms with Crippen LogP contribution in [0.1, 0.15) is 52.4 Å². The number of aliphatic hydroxyl groups is 1. The second-order valence-corrected chi connectivity index (χ2v) is 5.59. The van der Waals surface area contributed by atoms with Crippen LogP contribution in [0.3, 0.4) is 0 Å². The van der Waals surface area contributed by atoms with Crippen molar-refractivity contribution in [2.45, 2.75) is 58.0 Å². The average molecular weight is 257 g/mol. The third kappa shape index (κ3) is 3.70. The van der Waals surface area contributed by atoms with E-state index in [1.807, 2.05) is 6.92 Å². The molecule has 0 spiro atoms. The lowest BCUT2D eigenvalue weighted by Crippen LogP contribution is -2.47. The molecule has 0 bridgehead atoms. The molecule has 3 N–H and O–H groups in total. The van der Waals surface area contributed by atoms with Crippen molar-refractivity contribution in [2.24, 2.45) is 5.41 Å². The molecule has 0 aromatic rings. The quantitative estimate of drug-likeness (QED) is 0.669. The molecule has 18 heavy (non-hydrogen) atoms. The minimum absolute atomic E-state index is 0.0140. The van der Waals surface area contributed by atoms with Gasteiger partial charge in [-0.15, -0.1) is 0 Å². The van der Waals surface area contributed by atoms with E-state index in [2.05, 4.69) is 5.32 Å². The number of aliphatic carboxylic acids is 1. The number of carboxylic acid groups (broad SMARTS) is 1. The van der Waals surface area contributed by atoms with E-state index in [-0.39, 0.29) is 24.3 Å². The maximum absolute atomic E-state index is 12.2.